The molecule has 1 aromatic carbocycles. The van der Waals surface area contributed by atoms with E-state index in [2.05, 4.69) is 17.6 Å². The van der Waals surface area contributed by atoms with Crippen molar-refractivity contribution >= 4 is 17.5 Å². The largest absolute Gasteiger partial charge is 0.344 e. The first-order valence-electron chi connectivity index (χ1n) is 8.18. The number of benzene rings is 1. The Morgan fingerprint density at radius 2 is 1.77 bits per heavy atom. The van der Waals surface area contributed by atoms with Gasteiger partial charge in [0.2, 0.25) is 11.8 Å². The number of hydrogen-bond acceptors (Lipinski definition) is 2. The van der Waals surface area contributed by atoms with Gasteiger partial charge < -0.3 is 10.6 Å². The van der Waals surface area contributed by atoms with E-state index in [1.807, 2.05) is 44.2 Å². The predicted molar refractivity (Wildman–Crippen MR) is 90.6 cm³/mol. The molecule has 0 heterocycles. The molecular formula is C18H28N2O2. The van der Waals surface area contributed by atoms with Gasteiger partial charge in [-0.15, -0.1) is 0 Å². The van der Waals surface area contributed by atoms with E-state index in [4.69, 9.17) is 0 Å². The second-order valence-electron chi connectivity index (χ2n) is 6.06. The molecule has 1 atom stereocenters. The van der Waals surface area contributed by atoms with Crippen LogP contribution in [0.25, 0.3) is 0 Å². The van der Waals surface area contributed by atoms with Crippen molar-refractivity contribution in [3.8, 4) is 0 Å². The lowest BCUT2D eigenvalue weighted by Crippen LogP contribution is -2.44. The Labute approximate surface area is 133 Å². The van der Waals surface area contributed by atoms with Gasteiger partial charge in [-0.05, 0) is 30.9 Å². The maximum atomic E-state index is 12.4. The maximum absolute atomic E-state index is 12.4. The number of nitrogens with one attached hydrogen (secondary N) is 2. The Balaban J connectivity index is 2.59. The molecule has 4 nitrogen and oxygen atoms in total. The molecule has 0 saturated heterocycles. The zero-order valence-electron chi connectivity index (χ0n) is 13.9. The number of carbonyl (C=O) groups is 2. The third-order valence-electron chi connectivity index (χ3n) is 3.41. The van der Waals surface area contributed by atoms with Crippen LogP contribution in [0.1, 0.15) is 52.9 Å². The van der Waals surface area contributed by atoms with E-state index in [1.165, 1.54) is 0 Å². The zero-order chi connectivity index (χ0) is 16.4. The van der Waals surface area contributed by atoms with Crippen LogP contribution in [0.2, 0.25) is 0 Å². The third kappa shape index (κ3) is 7.25. The fraction of sp³-hybridized carbons (Fsp3) is 0.556. The van der Waals surface area contributed by atoms with Gasteiger partial charge in [-0.1, -0.05) is 51.8 Å². The van der Waals surface area contributed by atoms with Crippen LogP contribution in [-0.2, 0) is 9.59 Å². The normalized spacial score (nSPS) is 12.0. The Bertz CT molecular complexity index is 457. The minimum atomic E-state index is -0.477. The summed E-state index contributed by atoms with van der Waals surface area (Å²) >= 11 is 0. The van der Waals surface area contributed by atoms with Gasteiger partial charge in [-0.2, -0.15) is 0 Å². The molecule has 0 aliphatic carbocycles. The molecule has 0 aliphatic heterocycles. The lowest BCUT2D eigenvalue weighted by Gasteiger charge is -2.20. The molecule has 4 heteroatoms. The van der Waals surface area contributed by atoms with Crippen LogP contribution < -0.4 is 10.6 Å². The first-order chi connectivity index (χ1) is 10.5. The highest BCUT2D eigenvalue weighted by molar-refractivity contribution is 5.97. The van der Waals surface area contributed by atoms with Crippen molar-refractivity contribution in [1.29, 1.82) is 0 Å². The number of rotatable bonds is 9. The first-order valence-corrected chi connectivity index (χ1v) is 8.18. The van der Waals surface area contributed by atoms with Gasteiger partial charge in [-0.25, -0.2) is 0 Å². The Hall–Kier alpha value is -1.84. The van der Waals surface area contributed by atoms with Crippen molar-refractivity contribution in [3.05, 3.63) is 30.3 Å². The predicted octanol–water partition coefficient (Wildman–Crippen LogP) is 3.74. The van der Waals surface area contributed by atoms with Crippen molar-refractivity contribution in [2.45, 2.75) is 58.9 Å². The summed E-state index contributed by atoms with van der Waals surface area (Å²) in [5.41, 5.74) is 0.751. The van der Waals surface area contributed by atoms with E-state index < -0.39 is 6.04 Å². The summed E-state index contributed by atoms with van der Waals surface area (Å²) in [5.74, 6) is 0.147. The van der Waals surface area contributed by atoms with E-state index in [9.17, 15) is 9.59 Å². The number of amides is 2. The number of para-hydroxylation sites is 1. The topological polar surface area (TPSA) is 58.2 Å². The SMILES string of the molecule is CCCCCC(=O)N[C@@H](CC(C)C)C(=O)Nc1ccccc1. The van der Waals surface area contributed by atoms with Gasteiger partial charge in [-0.3, -0.25) is 9.59 Å². The summed E-state index contributed by atoms with van der Waals surface area (Å²) in [7, 11) is 0. The molecule has 122 valence electrons. The van der Waals surface area contributed by atoms with Gasteiger partial charge in [0.05, 0.1) is 0 Å². The van der Waals surface area contributed by atoms with Crippen molar-refractivity contribution < 1.29 is 9.59 Å². The number of unbranched alkanes of at least 4 members (excludes halogenated alkanes) is 2. The lowest BCUT2D eigenvalue weighted by molar-refractivity contribution is -0.126. The molecule has 0 bridgehead atoms. The average molecular weight is 304 g/mol. The quantitative estimate of drug-likeness (QED) is 0.683. The van der Waals surface area contributed by atoms with Gasteiger partial charge in [0, 0.05) is 12.1 Å². The van der Waals surface area contributed by atoms with Gasteiger partial charge in [0.1, 0.15) is 6.04 Å². The molecule has 0 radical (unpaired) electrons. The van der Waals surface area contributed by atoms with E-state index in [-0.39, 0.29) is 11.8 Å². The molecule has 0 unspecified atom stereocenters. The fourth-order valence-corrected chi connectivity index (χ4v) is 2.26. The van der Waals surface area contributed by atoms with Crippen LogP contribution in [0.4, 0.5) is 5.69 Å². The van der Waals surface area contributed by atoms with Crippen molar-refractivity contribution in [2.24, 2.45) is 5.92 Å². The highest BCUT2D eigenvalue weighted by Crippen LogP contribution is 2.10. The molecule has 0 aromatic heterocycles. The molecule has 0 spiro atoms. The summed E-state index contributed by atoms with van der Waals surface area (Å²) in [4.78, 5) is 24.4. The summed E-state index contributed by atoms with van der Waals surface area (Å²) in [6, 6.07) is 8.85. The van der Waals surface area contributed by atoms with Crippen LogP contribution in [-0.4, -0.2) is 17.9 Å². The summed E-state index contributed by atoms with van der Waals surface area (Å²) in [5, 5.41) is 5.74. The Morgan fingerprint density at radius 3 is 2.36 bits per heavy atom. The second-order valence-corrected chi connectivity index (χ2v) is 6.06. The molecule has 0 aliphatic rings. The van der Waals surface area contributed by atoms with Crippen molar-refractivity contribution in [1.82, 2.24) is 5.32 Å². The molecular weight excluding hydrogens is 276 g/mol. The minimum Gasteiger partial charge on any atom is -0.344 e. The molecule has 2 N–H and O–H groups in total. The fourth-order valence-electron chi connectivity index (χ4n) is 2.26. The molecule has 22 heavy (non-hydrogen) atoms. The van der Waals surface area contributed by atoms with Crippen molar-refractivity contribution in [3.63, 3.8) is 0 Å². The summed E-state index contributed by atoms with van der Waals surface area (Å²) in [6.07, 6.45) is 4.12. The number of anilines is 1. The zero-order valence-corrected chi connectivity index (χ0v) is 13.9. The van der Waals surface area contributed by atoms with E-state index in [1.54, 1.807) is 0 Å². The molecule has 0 saturated carbocycles. The molecule has 1 aromatic rings. The standard InChI is InChI=1S/C18H28N2O2/c1-4-5-7-12-17(21)20-16(13-14(2)3)18(22)19-15-10-8-6-9-11-15/h6,8-11,14,16H,4-5,7,12-13H2,1-3H3,(H,19,22)(H,20,21)/t16-/m0/s1. The van der Waals surface area contributed by atoms with Crippen LogP contribution in [0.15, 0.2) is 30.3 Å². The third-order valence-corrected chi connectivity index (χ3v) is 3.41. The van der Waals surface area contributed by atoms with Gasteiger partial charge in [0.25, 0.3) is 0 Å². The van der Waals surface area contributed by atoms with E-state index in [0.29, 0.717) is 18.8 Å². The maximum Gasteiger partial charge on any atom is 0.246 e. The average Bonchev–Trinajstić information content (AvgIpc) is 2.47. The first kappa shape index (κ1) is 18.2. The Morgan fingerprint density at radius 1 is 1.09 bits per heavy atom. The second kappa shape index (κ2) is 9.98. The lowest BCUT2D eigenvalue weighted by atomic mass is 10.0. The smallest absolute Gasteiger partial charge is 0.246 e. The molecule has 1 rings (SSSR count). The Kier molecular flexibility index (Phi) is 8.26. The number of hydrogen-bond donors (Lipinski definition) is 2. The highest BCUT2D eigenvalue weighted by atomic mass is 16.2. The van der Waals surface area contributed by atoms with Gasteiger partial charge >= 0.3 is 0 Å². The van der Waals surface area contributed by atoms with Crippen LogP contribution in [0, 0.1) is 5.92 Å². The van der Waals surface area contributed by atoms with Crippen LogP contribution in [0.5, 0.6) is 0 Å². The van der Waals surface area contributed by atoms with Crippen LogP contribution >= 0.6 is 0 Å². The summed E-state index contributed by atoms with van der Waals surface area (Å²) < 4.78 is 0. The number of carbonyl (C=O) groups excluding carboxylic acids is 2. The van der Waals surface area contributed by atoms with E-state index in [0.717, 1.165) is 24.9 Å². The highest BCUT2D eigenvalue weighted by Gasteiger charge is 2.21. The van der Waals surface area contributed by atoms with Gasteiger partial charge in [0.15, 0.2) is 0 Å². The van der Waals surface area contributed by atoms with Crippen molar-refractivity contribution in [2.75, 3.05) is 5.32 Å². The van der Waals surface area contributed by atoms with E-state index >= 15 is 0 Å². The van der Waals surface area contributed by atoms with Crippen LogP contribution in [0.3, 0.4) is 0 Å². The molecule has 2 amide bonds. The molecule has 0 fully saturated rings. The monoisotopic (exact) mass is 304 g/mol. The minimum absolute atomic E-state index is 0.0395. The summed E-state index contributed by atoms with van der Waals surface area (Å²) in [6.45, 7) is 6.20.